The number of aryl methyl sites for hydroxylation is 2. The summed E-state index contributed by atoms with van der Waals surface area (Å²) >= 11 is 0. The molecule has 0 aliphatic heterocycles. The summed E-state index contributed by atoms with van der Waals surface area (Å²) in [5.74, 6) is 0.113. The third-order valence-corrected chi connectivity index (χ3v) is 3.31. The van der Waals surface area contributed by atoms with E-state index in [4.69, 9.17) is 9.47 Å². The van der Waals surface area contributed by atoms with Gasteiger partial charge in [0.1, 0.15) is 17.2 Å². The molecule has 24 heavy (non-hydrogen) atoms. The van der Waals surface area contributed by atoms with Crippen molar-refractivity contribution in [3.8, 4) is 17.2 Å². The molecular weight excluding hydrogens is 308 g/mol. The van der Waals surface area contributed by atoms with E-state index in [1.165, 1.54) is 12.1 Å². The van der Waals surface area contributed by atoms with E-state index < -0.39 is 5.97 Å². The number of rotatable bonds is 6. The fourth-order valence-corrected chi connectivity index (χ4v) is 2.05. The van der Waals surface area contributed by atoms with Gasteiger partial charge in [0.15, 0.2) is 0 Å². The van der Waals surface area contributed by atoms with Crippen molar-refractivity contribution in [2.75, 3.05) is 0 Å². The zero-order chi connectivity index (χ0) is 17.5. The van der Waals surface area contributed by atoms with Crippen LogP contribution in [0.3, 0.4) is 0 Å². The van der Waals surface area contributed by atoms with Gasteiger partial charge in [0, 0.05) is 12.5 Å². The smallest absolute Gasteiger partial charge is 0.335 e. The minimum atomic E-state index is -0.518. The maximum absolute atomic E-state index is 11.9. The summed E-state index contributed by atoms with van der Waals surface area (Å²) in [6.45, 7) is 5.08. The average Bonchev–Trinajstić information content (AvgIpc) is 2.56. The Balaban J connectivity index is 1.87. The lowest BCUT2D eigenvalue weighted by Gasteiger charge is -2.08. The molecule has 0 aromatic heterocycles. The van der Waals surface area contributed by atoms with Crippen molar-refractivity contribution < 1.29 is 24.2 Å². The number of carbonyl (C=O) groups is 2. The molecule has 124 valence electrons. The lowest BCUT2D eigenvalue weighted by Crippen LogP contribution is -2.09. The summed E-state index contributed by atoms with van der Waals surface area (Å²) in [6, 6.07) is 11.4. The fraction of sp³-hybridized carbons (Fsp3) is 0.158. The topological polar surface area (TPSA) is 72.8 Å². The molecule has 0 amide bonds. The number of carbonyl (C=O) groups excluding carboxylic acids is 2. The van der Waals surface area contributed by atoms with Gasteiger partial charge in [0.25, 0.3) is 0 Å². The molecular formula is C19H18O5. The van der Waals surface area contributed by atoms with Crippen LogP contribution in [0.4, 0.5) is 0 Å². The van der Waals surface area contributed by atoms with Gasteiger partial charge in [-0.05, 0) is 54.8 Å². The van der Waals surface area contributed by atoms with Crippen LogP contribution < -0.4 is 9.47 Å². The summed E-state index contributed by atoms with van der Waals surface area (Å²) in [4.78, 5) is 23.0. The van der Waals surface area contributed by atoms with Crippen LogP contribution in [-0.4, -0.2) is 17.0 Å². The second kappa shape index (κ2) is 7.97. The van der Waals surface area contributed by atoms with E-state index in [-0.39, 0.29) is 18.1 Å². The van der Waals surface area contributed by atoms with Gasteiger partial charge in [0.2, 0.25) is 0 Å². The summed E-state index contributed by atoms with van der Waals surface area (Å²) < 4.78 is 10.3. The van der Waals surface area contributed by atoms with Gasteiger partial charge < -0.3 is 14.6 Å². The first kappa shape index (κ1) is 17.3. The summed E-state index contributed by atoms with van der Waals surface area (Å²) in [5.41, 5.74) is 1.62. The third kappa shape index (κ3) is 4.98. The zero-order valence-corrected chi connectivity index (χ0v) is 13.3. The van der Waals surface area contributed by atoms with Gasteiger partial charge in [-0.15, -0.1) is 0 Å². The van der Waals surface area contributed by atoms with Crippen molar-refractivity contribution in [2.24, 2.45) is 0 Å². The van der Waals surface area contributed by atoms with Crippen LogP contribution >= 0.6 is 0 Å². The lowest BCUT2D eigenvalue weighted by atomic mass is 10.1. The third-order valence-electron chi connectivity index (χ3n) is 3.31. The molecule has 0 unspecified atom stereocenters. The highest BCUT2D eigenvalue weighted by Gasteiger charge is 2.09. The van der Waals surface area contributed by atoms with Gasteiger partial charge in [0.05, 0.1) is 0 Å². The number of ether oxygens (including phenoxy) is 2. The molecule has 0 aliphatic carbocycles. The lowest BCUT2D eigenvalue weighted by molar-refractivity contribution is -0.134. The number of aromatic hydroxyl groups is 1. The number of hydrogen-bond donors (Lipinski definition) is 1. The highest BCUT2D eigenvalue weighted by atomic mass is 16.5. The van der Waals surface area contributed by atoms with E-state index in [0.717, 1.165) is 11.6 Å². The molecule has 5 heteroatoms. The maximum atomic E-state index is 11.9. The Hall–Kier alpha value is -3.08. The predicted octanol–water partition coefficient (Wildman–Crippen LogP) is 3.33. The van der Waals surface area contributed by atoms with Crippen molar-refractivity contribution >= 4 is 11.9 Å². The van der Waals surface area contributed by atoms with Crippen LogP contribution in [0.25, 0.3) is 0 Å². The fourth-order valence-electron chi connectivity index (χ4n) is 2.05. The number of benzene rings is 2. The average molecular weight is 326 g/mol. The molecule has 1 N–H and O–H groups in total. The summed E-state index contributed by atoms with van der Waals surface area (Å²) in [6.07, 6.45) is 1.81. The first-order valence-electron chi connectivity index (χ1n) is 7.41. The van der Waals surface area contributed by atoms with Gasteiger partial charge in [-0.1, -0.05) is 18.7 Å². The van der Waals surface area contributed by atoms with Crippen molar-refractivity contribution in [3.63, 3.8) is 0 Å². The number of phenols is 1. The molecule has 0 radical (unpaired) electrons. The maximum Gasteiger partial charge on any atom is 0.335 e. The predicted molar refractivity (Wildman–Crippen MR) is 89.1 cm³/mol. The Morgan fingerprint density at radius 1 is 1.12 bits per heavy atom. The Morgan fingerprint density at radius 3 is 2.46 bits per heavy atom. The number of esters is 2. The standard InChI is InChI=1S/C19H18O5/c1-3-18(21)23-16-8-4-14(5-9-16)6-11-19(22)24-17-10-7-15(20)12-13(17)2/h3-5,7-10,12,20H,1,6,11H2,2H3. The van der Waals surface area contributed by atoms with Crippen molar-refractivity contribution in [1.82, 2.24) is 0 Å². The molecule has 0 spiro atoms. The highest BCUT2D eigenvalue weighted by molar-refractivity contribution is 5.83. The monoisotopic (exact) mass is 326 g/mol. The Morgan fingerprint density at radius 2 is 1.83 bits per heavy atom. The second-order valence-electron chi connectivity index (χ2n) is 5.19. The molecule has 5 nitrogen and oxygen atoms in total. The van der Waals surface area contributed by atoms with Crippen LogP contribution in [-0.2, 0) is 16.0 Å². The molecule has 0 fully saturated rings. The van der Waals surface area contributed by atoms with E-state index in [0.29, 0.717) is 23.5 Å². The summed E-state index contributed by atoms with van der Waals surface area (Å²) in [5, 5.41) is 9.34. The van der Waals surface area contributed by atoms with E-state index in [1.807, 2.05) is 0 Å². The van der Waals surface area contributed by atoms with Crippen LogP contribution in [0.1, 0.15) is 17.5 Å². The highest BCUT2D eigenvalue weighted by Crippen LogP contribution is 2.23. The molecule has 0 heterocycles. The van der Waals surface area contributed by atoms with Crippen LogP contribution in [0, 0.1) is 6.92 Å². The van der Waals surface area contributed by atoms with E-state index in [2.05, 4.69) is 6.58 Å². The minimum Gasteiger partial charge on any atom is -0.508 e. The van der Waals surface area contributed by atoms with Crippen molar-refractivity contribution in [1.29, 1.82) is 0 Å². The van der Waals surface area contributed by atoms with Gasteiger partial charge in [-0.3, -0.25) is 4.79 Å². The van der Waals surface area contributed by atoms with Gasteiger partial charge in [-0.2, -0.15) is 0 Å². The molecule has 0 aliphatic rings. The van der Waals surface area contributed by atoms with Gasteiger partial charge >= 0.3 is 11.9 Å². The summed E-state index contributed by atoms with van der Waals surface area (Å²) in [7, 11) is 0. The molecule has 2 aromatic carbocycles. The molecule has 0 saturated heterocycles. The minimum absolute atomic E-state index is 0.129. The zero-order valence-electron chi connectivity index (χ0n) is 13.3. The first-order valence-corrected chi connectivity index (χ1v) is 7.41. The Kier molecular flexibility index (Phi) is 5.73. The van der Waals surface area contributed by atoms with Gasteiger partial charge in [-0.25, -0.2) is 4.79 Å². The van der Waals surface area contributed by atoms with E-state index in [9.17, 15) is 14.7 Å². The normalized spacial score (nSPS) is 10.0. The Labute approximate surface area is 140 Å². The molecule has 0 bridgehead atoms. The van der Waals surface area contributed by atoms with E-state index >= 15 is 0 Å². The van der Waals surface area contributed by atoms with Crippen molar-refractivity contribution in [2.45, 2.75) is 19.8 Å². The Bertz CT molecular complexity index is 747. The van der Waals surface area contributed by atoms with Crippen molar-refractivity contribution in [3.05, 3.63) is 66.2 Å². The molecule has 2 aromatic rings. The van der Waals surface area contributed by atoms with Crippen LogP contribution in [0.5, 0.6) is 17.2 Å². The largest absolute Gasteiger partial charge is 0.508 e. The van der Waals surface area contributed by atoms with Crippen LogP contribution in [0.2, 0.25) is 0 Å². The quantitative estimate of drug-likeness (QED) is 0.501. The molecule has 0 saturated carbocycles. The molecule has 2 rings (SSSR count). The number of phenolic OH excluding ortho intramolecular Hbond substituents is 1. The van der Waals surface area contributed by atoms with Crippen LogP contribution in [0.15, 0.2) is 55.1 Å². The van der Waals surface area contributed by atoms with E-state index in [1.54, 1.807) is 37.3 Å². The second-order valence-corrected chi connectivity index (χ2v) is 5.19. The first-order chi connectivity index (χ1) is 11.5. The SMILES string of the molecule is C=CC(=O)Oc1ccc(CCC(=O)Oc2ccc(O)cc2C)cc1. The molecule has 0 atom stereocenters. The number of hydrogen-bond acceptors (Lipinski definition) is 5.